The summed E-state index contributed by atoms with van der Waals surface area (Å²) >= 11 is 0. The molecular formula is C13H24N2O5S. The summed E-state index contributed by atoms with van der Waals surface area (Å²) < 4.78 is 22.0. The highest BCUT2D eigenvalue weighted by Crippen LogP contribution is 2.24. The van der Waals surface area contributed by atoms with Crippen LogP contribution in [0.5, 0.6) is 0 Å². The molecule has 0 aromatic rings. The molecule has 1 fully saturated rings. The molecule has 1 aliphatic carbocycles. The van der Waals surface area contributed by atoms with Crippen LogP contribution >= 0.6 is 0 Å². The molecule has 0 aromatic carbocycles. The third-order valence-corrected chi connectivity index (χ3v) is 6.24. The minimum atomic E-state index is -3.26. The Balaban J connectivity index is 2.37. The largest absolute Gasteiger partial charge is 0.481 e. The molecule has 21 heavy (non-hydrogen) atoms. The SMILES string of the molecule is CC(C)(CNC(=O)NC1CCC(C(=O)O)CC1)S(C)(=O)=O. The molecule has 0 unspecified atom stereocenters. The van der Waals surface area contributed by atoms with Crippen LogP contribution < -0.4 is 10.6 Å². The van der Waals surface area contributed by atoms with Gasteiger partial charge in [-0.05, 0) is 39.5 Å². The van der Waals surface area contributed by atoms with E-state index < -0.39 is 26.6 Å². The normalized spacial score (nSPS) is 23.4. The van der Waals surface area contributed by atoms with Gasteiger partial charge in [0, 0.05) is 18.8 Å². The quantitative estimate of drug-likeness (QED) is 0.692. The molecule has 1 aliphatic rings. The van der Waals surface area contributed by atoms with E-state index in [9.17, 15) is 18.0 Å². The molecule has 0 aliphatic heterocycles. The van der Waals surface area contributed by atoms with Crippen molar-refractivity contribution in [1.29, 1.82) is 0 Å². The minimum absolute atomic E-state index is 0.0299. The predicted octanol–water partition coefficient (Wildman–Crippen LogP) is 0.752. The van der Waals surface area contributed by atoms with Crippen molar-refractivity contribution in [1.82, 2.24) is 10.6 Å². The monoisotopic (exact) mass is 320 g/mol. The topological polar surface area (TPSA) is 113 Å². The molecule has 1 saturated carbocycles. The highest BCUT2D eigenvalue weighted by atomic mass is 32.2. The lowest BCUT2D eigenvalue weighted by Gasteiger charge is -2.28. The van der Waals surface area contributed by atoms with Gasteiger partial charge in [0.05, 0.1) is 10.7 Å². The van der Waals surface area contributed by atoms with E-state index in [4.69, 9.17) is 5.11 Å². The second-order valence-corrected chi connectivity index (χ2v) is 8.90. The van der Waals surface area contributed by atoms with Gasteiger partial charge in [0.2, 0.25) is 0 Å². The number of hydrogen-bond donors (Lipinski definition) is 3. The first kappa shape index (κ1) is 17.7. The second-order valence-electron chi connectivity index (χ2n) is 6.25. The lowest BCUT2D eigenvalue weighted by atomic mass is 9.86. The van der Waals surface area contributed by atoms with E-state index in [0.29, 0.717) is 25.7 Å². The zero-order chi connectivity index (χ0) is 16.3. The zero-order valence-corrected chi connectivity index (χ0v) is 13.5. The van der Waals surface area contributed by atoms with Crippen LogP contribution in [-0.2, 0) is 14.6 Å². The van der Waals surface area contributed by atoms with Gasteiger partial charge in [-0.15, -0.1) is 0 Å². The zero-order valence-electron chi connectivity index (χ0n) is 12.7. The maximum Gasteiger partial charge on any atom is 0.315 e. The van der Waals surface area contributed by atoms with Crippen LogP contribution in [0.3, 0.4) is 0 Å². The smallest absolute Gasteiger partial charge is 0.315 e. The van der Waals surface area contributed by atoms with E-state index in [0.717, 1.165) is 6.26 Å². The third-order valence-electron chi connectivity index (χ3n) is 4.09. The Kier molecular flexibility index (Phi) is 5.61. The molecule has 3 N–H and O–H groups in total. The number of urea groups is 1. The third kappa shape index (κ3) is 5.18. The fourth-order valence-electron chi connectivity index (χ4n) is 2.15. The Labute approximate surface area is 125 Å². The van der Waals surface area contributed by atoms with Crippen LogP contribution in [0.1, 0.15) is 39.5 Å². The number of carbonyl (C=O) groups is 2. The molecule has 0 bridgehead atoms. The van der Waals surface area contributed by atoms with Crippen LogP contribution in [-0.4, -0.2) is 49.1 Å². The van der Waals surface area contributed by atoms with Crippen molar-refractivity contribution >= 4 is 21.8 Å². The summed E-state index contributed by atoms with van der Waals surface area (Å²) in [6.07, 6.45) is 3.49. The molecule has 0 aromatic heterocycles. The average molecular weight is 320 g/mol. The molecule has 2 amide bonds. The first-order chi connectivity index (χ1) is 9.53. The highest BCUT2D eigenvalue weighted by molar-refractivity contribution is 7.92. The number of carboxylic acids is 1. The molecule has 0 atom stereocenters. The Morgan fingerprint density at radius 1 is 1.19 bits per heavy atom. The maximum atomic E-state index is 11.8. The van der Waals surface area contributed by atoms with Crippen molar-refractivity contribution in [2.45, 2.75) is 50.3 Å². The number of nitrogens with one attached hydrogen (secondary N) is 2. The molecule has 0 radical (unpaired) electrons. The Hall–Kier alpha value is -1.31. The standard InChI is InChI=1S/C13H24N2O5S/c1-13(2,21(3,19)20)8-14-12(18)15-10-6-4-9(5-7-10)11(16)17/h9-10H,4-8H2,1-3H3,(H,16,17)(H2,14,15,18). The van der Waals surface area contributed by atoms with E-state index in [2.05, 4.69) is 10.6 Å². The van der Waals surface area contributed by atoms with Gasteiger partial charge in [0.25, 0.3) is 0 Å². The number of carboxylic acid groups (broad SMARTS) is 1. The van der Waals surface area contributed by atoms with Gasteiger partial charge in [0.1, 0.15) is 0 Å². The van der Waals surface area contributed by atoms with Crippen LogP contribution in [0, 0.1) is 5.92 Å². The van der Waals surface area contributed by atoms with Gasteiger partial charge < -0.3 is 15.7 Å². The molecular weight excluding hydrogens is 296 g/mol. The number of carbonyl (C=O) groups excluding carboxylic acids is 1. The summed E-state index contributed by atoms with van der Waals surface area (Å²) in [6.45, 7) is 3.14. The second kappa shape index (κ2) is 6.64. The summed E-state index contributed by atoms with van der Waals surface area (Å²) in [5.41, 5.74) is 0. The van der Waals surface area contributed by atoms with E-state index >= 15 is 0 Å². The molecule has 0 saturated heterocycles. The fourth-order valence-corrected chi connectivity index (χ4v) is 2.48. The van der Waals surface area contributed by atoms with Crippen LogP contribution in [0.2, 0.25) is 0 Å². The van der Waals surface area contributed by atoms with E-state index in [1.54, 1.807) is 13.8 Å². The van der Waals surface area contributed by atoms with Gasteiger partial charge in [0.15, 0.2) is 9.84 Å². The number of sulfone groups is 1. The first-order valence-electron chi connectivity index (χ1n) is 7.00. The molecule has 1 rings (SSSR count). The molecule has 0 heterocycles. The van der Waals surface area contributed by atoms with Gasteiger partial charge in [-0.2, -0.15) is 0 Å². The molecule has 122 valence electrons. The summed E-state index contributed by atoms with van der Waals surface area (Å²) in [5.74, 6) is -1.11. The molecule has 8 heteroatoms. The summed E-state index contributed by atoms with van der Waals surface area (Å²) in [6, 6.07) is -0.465. The van der Waals surface area contributed by atoms with Gasteiger partial charge in [-0.1, -0.05) is 0 Å². The van der Waals surface area contributed by atoms with E-state index in [1.165, 1.54) is 0 Å². The van der Waals surface area contributed by atoms with Crippen molar-refractivity contribution in [2.75, 3.05) is 12.8 Å². The summed E-state index contributed by atoms with van der Waals surface area (Å²) in [5, 5.41) is 14.2. The summed E-state index contributed by atoms with van der Waals surface area (Å²) in [4.78, 5) is 22.6. The lowest BCUT2D eigenvalue weighted by Crippen LogP contribution is -2.49. The highest BCUT2D eigenvalue weighted by Gasteiger charge is 2.31. The van der Waals surface area contributed by atoms with Crippen molar-refractivity contribution in [2.24, 2.45) is 5.92 Å². The van der Waals surface area contributed by atoms with Gasteiger partial charge >= 0.3 is 12.0 Å². The lowest BCUT2D eigenvalue weighted by molar-refractivity contribution is -0.142. The fraction of sp³-hybridized carbons (Fsp3) is 0.846. The van der Waals surface area contributed by atoms with Crippen LogP contribution in [0.4, 0.5) is 4.79 Å². The van der Waals surface area contributed by atoms with E-state index in [1.807, 2.05) is 0 Å². The van der Waals surface area contributed by atoms with E-state index in [-0.39, 0.29) is 18.5 Å². The minimum Gasteiger partial charge on any atom is -0.481 e. The number of aliphatic carboxylic acids is 1. The van der Waals surface area contributed by atoms with Crippen LogP contribution in [0.15, 0.2) is 0 Å². The predicted molar refractivity (Wildman–Crippen MR) is 78.8 cm³/mol. The Bertz CT molecular complexity index is 493. The molecule has 7 nitrogen and oxygen atoms in total. The Morgan fingerprint density at radius 2 is 1.71 bits per heavy atom. The Morgan fingerprint density at radius 3 is 2.14 bits per heavy atom. The van der Waals surface area contributed by atoms with Gasteiger partial charge in [-0.25, -0.2) is 13.2 Å². The van der Waals surface area contributed by atoms with Crippen molar-refractivity contribution < 1.29 is 23.1 Å². The van der Waals surface area contributed by atoms with Crippen molar-refractivity contribution in [3.05, 3.63) is 0 Å². The van der Waals surface area contributed by atoms with Crippen LogP contribution in [0.25, 0.3) is 0 Å². The summed E-state index contributed by atoms with van der Waals surface area (Å²) in [7, 11) is -3.26. The van der Waals surface area contributed by atoms with Gasteiger partial charge in [-0.3, -0.25) is 4.79 Å². The number of amides is 2. The number of hydrogen-bond acceptors (Lipinski definition) is 4. The molecule has 0 spiro atoms. The maximum absolute atomic E-state index is 11.8. The first-order valence-corrected chi connectivity index (χ1v) is 8.89. The van der Waals surface area contributed by atoms with Crippen molar-refractivity contribution in [3.8, 4) is 0 Å². The van der Waals surface area contributed by atoms with Crippen molar-refractivity contribution in [3.63, 3.8) is 0 Å². The average Bonchev–Trinajstić information content (AvgIpc) is 2.36. The number of rotatable bonds is 5.